The van der Waals surface area contributed by atoms with Crippen molar-refractivity contribution >= 4 is 0 Å². The minimum atomic E-state index is 0.585. The van der Waals surface area contributed by atoms with Crippen molar-refractivity contribution in [3.63, 3.8) is 0 Å². The average Bonchev–Trinajstić information content (AvgIpc) is 2.71. The van der Waals surface area contributed by atoms with Gasteiger partial charge in [0.15, 0.2) is 0 Å². The predicted molar refractivity (Wildman–Crippen MR) is 64.2 cm³/mol. The summed E-state index contributed by atoms with van der Waals surface area (Å²) in [4.78, 5) is 0. The zero-order valence-electron chi connectivity index (χ0n) is 9.66. The summed E-state index contributed by atoms with van der Waals surface area (Å²) >= 11 is 0. The van der Waals surface area contributed by atoms with E-state index in [1.165, 1.54) is 11.1 Å². The summed E-state index contributed by atoms with van der Waals surface area (Å²) in [5.74, 6) is 0.846. The molecular formula is C13H16N2O. The van der Waals surface area contributed by atoms with E-state index < -0.39 is 0 Å². The van der Waals surface area contributed by atoms with Gasteiger partial charge in [0.1, 0.15) is 11.5 Å². The van der Waals surface area contributed by atoms with Crippen LogP contribution in [0.2, 0.25) is 0 Å². The van der Waals surface area contributed by atoms with Crippen LogP contribution in [0.15, 0.2) is 28.8 Å². The maximum atomic E-state index is 5.47. The summed E-state index contributed by atoms with van der Waals surface area (Å²) in [5, 5.41) is 4.08. The number of hydrogen-bond donors (Lipinski definition) is 1. The van der Waals surface area contributed by atoms with Crippen LogP contribution in [0.5, 0.6) is 0 Å². The Bertz CT molecular complexity index is 488. The maximum absolute atomic E-state index is 5.47. The van der Waals surface area contributed by atoms with E-state index in [9.17, 15) is 0 Å². The fourth-order valence-electron chi connectivity index (χ4n) is 1.71. The molecule has 2 aromatic rings. The Morgan fingerprint density at radius 2 is 2.06 bits per heavy atom. The second-order valence-corrected chi connectivity index (χ2v) is 4.04. The third-order valence-electron chi connectivity index (χ3n) is 2.62. The molecule has 0 unspecified atom stereocenters. The minimum absolute atomic E-state index is 0.585. The molecule has 0 saturated carbocycles. The van der Waals surface area contributed by atoms with Crippen molar-refractivity contribution in [3.05, 3.63) is 41.2 Å². The molecule has 0 aliphatic heterocycles. The molecule has 3 heteroatoms. The van der Waals surface area contributed by atoms with Crippen molar-refractivity contribution in [2.24, 2.45) is 5.73 Å². The molecule has 0 bridgehead atoms. The molecule has 0 aliphatic carbocycles. The van der Waals surface area contributed by atoms with Gasteiger partial charge < -0.3 is 10.3 Å². The molecule has 0 spiro atoms. The van der Waals surface area contributed by atoms with E-state index in [2.05, 4.69) is 37.2 Å². The lowest BCUT2D eigenvalue weighted by Crippen LogP contribution is -2.01. The van der Waals surface area contributed by atoms with Crippen LogP contribution in [0.1, 0.15) is 16.9 Å². The monoisotopic (exact) mass is 216 g/mol. The molecule has 0 radical (unpaired) electrons. The summed E-state index contributed by atoms with van der Waals surface area (Å²) in [6.07, 6.45) is 0.734. The van der Waals surface area contributed by atoms with Crippen molar-refractivity contribution in [2.45, 2.75) is 20.3 Å². The van der Waals surface area contributed by atoms with Crippen LogP contribution in [0, 0.1) is 13.8 Å². The number of hydrogen-bond acceptors (Lipinski definition) is 3. The molecule has 1 aromatic heterocycles. The van der Waals surface area contributed by atoms with Gasteiger partial charge in [-0.2, -0.15) is 0 Å². The molecule has 0 saturated heterocycles. The molecule has 0 aliphatic rings. The molecule has 84 valence electrons. The predicted octanol–water partition coefficient (Wildman–Crippen LogP) is 2.46. The van der Waals surface area contributed by atoms with Crippen LogP contribution >= 0.6 is 0 Å². The lowest BCUT2D eigenvalue weighted by Gasteiger charge is -2.02. The Kier molecular flexibility index (Phi) is 3.06. The molecule has 2 N–H and O–H groups in total. The quantitative estimate of drug-likeness (QED) is 0.857. The van der Waals surface area contributed by atoms with Gasteiger partial charge in [-0.05, 0) is 32.0 Å². The summed E-state index contributed by atoms with van der Waals surface area (Å²) in [6.45, 7) is 4.73. The Morgan fingerprint density at radius 3 is 2.81 bits per heavy atom. The van der Waals surface area contributed by atoms with Gasteiger partial charge in [0.2, 0.25) is 0 Å². The zero-order chi connectivity index (χ0) is 11.5. The summed E-state index contributed by atoms with van der Waals surface area (Å²) in [6, 6.07) is 8.29. The van der Waals surface area contributed by atoms with Gasteiger partial charge in [-0.25, -0.2) is 0 Å². The van der Waals surface area contributed by atoms with Gasteiger partial charge in [-0.3, -0.25) is 0 Å². The molecule has 16 heavy (non-hydrogen) atoms. The lowest BCUT2D eigenvalue weighted by atomic mass is 10.0. The average molecular weight is 216 g/mol. The normalized spacial score (nSPS) is 10.7. The number of nitrogens with zero attached hydrogens (tertiary/aromatic N) is 1. The standard InChI is InChI=1S/C13H16N2O/c1-9-3-4-10(2)12(7-9)13-8-11(5-6-14)16-15-13/h3-4,7-8H,5-6,14H2,1-2H3. The highest BCUT2D eigenvalue weighted by Crippen LogP contribution is 2.24. The number of rotatable bonds is 3. The number of aromatic nitrogens is 1. The first kappa shape index (κ1) is 10.9. The molecule has 0 fully saturated rings. The van der Waals surface area contributed by atoms with E-state index in [4.69, 9.17) is 10.3 Å². The molecule has 3 nitrogen and oxygen atoms in total. The molecule has 1 heterocycles. The SMILES string of the molecule is Cc1ccc(C)c(-c2cc(CCN)on2)c1. The minimum Gasteiger partial charge on any atom is -0.361 e. The number of nitrogens with two attached hydrogens (primary N) is 1. The highest BCUT2D eigenvalue weighted by Gasteiger charge is 2.08. The maximum Gasteiger partial charge on any atom is 0.138 e. The Hall–Kier alpha value is -1.61. The van der Waals surface area contributed by atoms with Gasteiger partial charge in [0.25, 0.3) is 0 Å². The topological polar surface area (TPSA) is 52.0 Å². The molecule has 0 atom stereocenters. The van der Waals surface area contributed by atoms with Crippen molar-refractivity contribution in [1.82, 2.24) is 5.16 Å². The van der Waals surface area contributed by atoms with Crippen LogP contribution in [-0.4, -0.2) is 11.7 Å². The fourth-order valence-corrected chi connectivity index (χ4v) is 1.71. The Morgan fingerprint density at radius 1 is 1.25 bits per heavy atom. The summed E-state index contributed by atoms with van der Waals surface area (Å²) in [5.41, 5.74) is 9.93. The van der Waals surface area contributed by atoms with Gasteiger partial charge in [0.05, 0.1) is 0 Å². The molecule has 0 amide bonds. The van der Waals surface area contributed by atoms with Crippen LogP contribution in [0.3, 0.4) is 0 Å². The number of benzene rings is 1. The highest BCUT2D eigenvalue weighted by atomic mass is 16.5. The third-order valence-corrected chi connectivity index (χ3v) is 2.62. The van der Waals surface area contributed by atoms with Crippen molar-refractivity contribution in [1.29, 1.82) is 0 Å². The molecule has 2 rings (SSSR count). The number of aryl methyl sites for hydroxylation is 2. The van der Waals surface area contributed by atoms with Crippen molar-refractivity contribution in [3.8, 4) is 11.3 Å². The Labute approximate surface area is 95.3 Å². The van der Waals surface area contributed by atoms with Gasteiger partial charge in [-0.15, -0.1) is 0 Å². The molecular weight excluding hydrogens is 200 g/mol. The van der Waals surface area contributed by atoms with Crippen molar-refractivity contribution < 1.29 is 4.52 Å². The third kappa shape index (κ3) is 2.14. The van der Waals surface area contributed by atoms with Crippen LogP contribution < -0.4 is 5.73 Å². The van der Waals surface area contributed by atoms with Gasteiger partial charge in [-0.1, -0.05) is 22.9 Å². The first-order chi connectivity index (χ1) is 7.70. The summed E-state index contributed by atoms with van der Waals surface area (Å²) < 4.78 is 5.22. The van der Waals surface area contributed by atoms with Gasteiger partial charge >= 0.3 is 0 Å². The van der Waals surface area contributed by atoms with Crippen molar-refractivity contribution in [2.75, 3.05) is 6.54 Å². The second kappa shape index (κ2) is 4.49. The van der Waals surface area contributed by atoms with E-state index in [0.717, 1.165) is 23.4 Å². The largest absolute Gasteiger partial charge is 0.361 e. The first-order valence-corrected chi connectivity index (χ1v) is 5.44. The fraction of sp³-hybridized carbons (Fsp3) is 0.308. The van der Waals surface area contributed by atoms with E-state index >= 15 is 0 Å². The Balaban J connectivity index is 2.38. The van der Waals surface area contributed by atoms with Crippen LogP contribution in [0.25, 0.3) is 11.3 Å². The highest BCUT2D eigenvalue weighted by molar-refractivity contribution is 5.64. The lowest BCUT2D eigenvalue weighted by molar-refractivity contribution is 0.386. The smallest absolute Gasteiger partial charge is 0.138 e. The van der Waals surface area contributed by atoms with Crippen LogP contribution in [-0.2, 0) is 6.42 Å². The zero-order valence-corrected chi connectivity index (χ0v) is 9.66. The van der Waals surface area contributed by atoms with E-state index in [-0.39, 0.29) is 0 Å². The summed E-state index contributed by atoms with van der Waals surface area (Å²) in [7, 11) is 0. The van der Waals surface area contributed by atoms with E-state index in [1.807, 2.05) is 6.07 Å². The van der Waals surface area contributed by atoms with E-state index in [0.29, 0.717) is 6.54 Å². The second-order valence-electron chi connectivity index (χ2n) is 4.04. The van der Waals surface area contributed by atoms with Gasteiger partial charge in [0, 0.05) is 18.1 Å². The van der Waals surface area contributed by atoms with E-state index in [1.54, 1.807) is 0 Å². The first-order valence-electron chi connectivity index (χ1n) is 5.44. The molecule has 1 aromatic carbocycles. The van der Waals surface area contributed by atoms with Crippen LogP contribution in [0.4, 0.5) is 0 Å².